The number of carbonyl (C=O) groups excluding carboxylic acids is 1. The monoisotopic (exact) mass is 311 g/mol. The van der Waals surface area contributed by atoms with Crippen molar-refractivity contribution in [2.24, 2.45) is 0 Å². The van der Waals surface area contributed by atoms with Crippen LogP contribution in [0.3, 0.4) is 0 Å². The number of sulfone groups is 1. The topological polar surface area (TPSA) is 72.5 Å². The van der Waals surface area contributed by atoms with Gasteiger partial charge in [-0.2, -0.15) is 11.8 Å². The lowest BCUT2D eigenvalue weighted by Gasteiger charge is -2.16. The van der Waals surface area contributed by atoms with Gasteiger partial charge in [-0.1, -0.05) is 6.92 Å². The van der Waals surface area contributed by atoms with E-state index in [1.54, 1.807) is 18.7 Å². The van der Waals surface area contributed by atoms with Crippen molar-refractivity contribution in [1.29, 1.82) is 0 Å². The third-order valence-electron chi connectivity index (χ3n) is 2.36. The third kappa shape index (κ3) is 11.3. The molecule has 0 fully saturated rings. The number of carbonyl (C=O) groups is 1. The summed E-state index contributed by atoms with van der Waals surface area (Å²) in [6, 6.07) is -0.286. The summed E-state index contributed by atoms with van der Waals surface area (Å²) in [6.07, 6.45) is 2.85. The van der Waals surface area contributed by atoms with E-state index >= 15 is 0 Å². The highest BCUT2D eigenvalue weighted by Gasteiger charge is 2.18. The molecule has 0 radical (unpaired) electrons. The van der Waals surface area contributed by atoms with Crippen LogP contribution in [0, 0.1) is 0 Å². The van der Waals surface area contributed by atoms with Gasteiger partial charge in [0.05, 0.1) is 12.4 Å². The van der Waals surface area contributed by atoms with Gasteiger partial charge in [0.1, 0.15) is 15.9 Å². The second-order valence-electron chi connectivity index (χ2n) is 4.29. The van der Waals surface area contributed by atoms with Crippen LogP contribution in [0.5, 0.6) is 0 Å². The van der Waals surface area contributed by atoms with Gasteiger partial charge in [-0.15, -0.1) is 0 Å². The fourth-order valence-corrected chi connectivity index (χ4v) is 3.67. The lowest BCUT2D eigenvalue weighted by molar-refractivity contribution is -0.145. The summed E-state index contributed by atoms with van der Waals surface area (Å²) >= 11 is 1.55. The first-order chi connectivity index (χ1) is 8.90. The van der Waals surface area contributed by atoms with E-state index in [2.05, 4.69) is 5.32 Å². The standard InChI is InChI=1S/C12H25NO4S2/c1-4-7-13-11(12(14)17-5-2)6-8-18-9-10-19(3,15)16/h11,13H,4-10H2,1-3H3. The average Bonchev–Trinajstić information content (AvgIpc) is 2.31. The van der Waals surface area contributed by atoms with Crippen LogP contribution >= 0.6 is 11.8 Å². The van der Waals surface area contributed by atoms with Crippen LogP contribution in [0.15, 0.2) is 0 Å². The first-order valence-corrected chi connectivity index (χ1v) is 9.77. The molecule has 0 amide bonds. The summed E-state index contributed by atoms with van der Waals surface area (Å²) in [5.74, 6) is 1.28. The van der Waals surface area contributed by atoms with E-state index in [1.807, 2.05) is 6.92 Å². The van der Waals surface area contributed by atoms with Crippen molar-refractivity contribution in [3.8, 4) is 0 Å². The minimum atomic E-state index is -2.89. The van der Waals surface area contributed by atoms with E-state index in [1.165, 1.54) is 6.26 Å². The minimum Gasteiger partial charge on any atom is -0.465 e. The zero-order valence-electron chi connectivity index (χ0n) is 12.0. The van der Waals surface area contributed by atoms with Crippen LogP contribution in [0.4, 0.5) is 0 Å². The van der Waals surface area contributed by atoms with Gasteiger partial charge in [0.25, 0.3) is 0 Å². The van der Waals surface area contributed by atoms with Gasteiger partial charge in [0, 0.05) is 12.0 Å². The molecule has 0 aromatic rings. The molecule has 0 aliphatic rings. The van der Waals surface area contributed by atoms with E-state index in [-0.39, 0.29) is 17.8 Å². The van der Waals surface area contributed by atoms with Crippen LogP contribution in [0.2, 0.25) is 0 Å². The van der Waals surface area contributed by atoms with Gasteiger partial charge in [-0.05, 0) is 32.1 Å². The molecule has 0 aromatic carbocycles. The van der Waals surface area contributed by atoms with Crippen LogP contribution in [-0.2, 0) is 19.4 Å². The molecule has 0 bridgehead atoms. The normalized spacial score (nSPS) is 13.2. The Morgan fingerprint density at radius 1 is 1.32 bits per heavy atom. The molecular weight excluding hydrogens is 286 g/mol. The van der Waals surface area contributed by atoms with E-state index in [0.717, 1.165) is 18.7 Å². The van der Waals surface area contributed by atoms with Crippen molar-refractivity contribution in [2.75, 3.05) is 36.7 Å². The van der Waals surface area contributed by atoms with Crippen molar-refractivity contribution < 1.29 is 17.9 Å². The van der Waals surface area contributed by atoms with Gasteiger partial charge in [0.2, 0.25) is 0 Å². The first-order valence-electron chi connectivity index (χ1n) is 6.56. The second kappa shape index (κ2) is 10.5. The highest BCUT2D eigenvalue weighted by Crippen LogP contribution is 2.07. The number of hydrogen-bond acceptors (Lipinski definition) is 6. The zero-order chi connectivity index (χ0) is 14.7. The smallest absolute Gasteiger partial charge is 0.323 e. The molecule has 0 saturated heterocycles. The minimum absolute atomic E-state index is 0.185. The molecule has 0 rings (SSSR count). The van der Waals surface area contributed by atoms with Crippen LogP contribution in [0.1, 0.15) is 26.7 Å². The number of esters is 1. The molecule has 0 saturated carbocycles. The summed E-state index contributed by atoms with van der Waals surface area (Å²) in [7, 11) is -2.89. The Balaban J connectivity index is 3.94. The van der Waals surface area contributed by atoms with Crippen molar-refractivity contribution in [3.63, 3.8) is 0 Å². The van der Waals surface area contributed by atoms with Crippen molar-refractivity contribution in [3.05, 3.63) is 0 Å². The molecule has 1 unspecified atom stereocenters. The summed E-state index contributed by atoms with van der Waals surface area (Å²) in [4.78, 5) is 11.7. The fourth-order valence-electron chi connectivity index (χ4n) is 1.38. The summed E-state index contributed by atoms with van der Waals surface area (Å²) < 4.78 is 26.9. The van der Waals surface area contributed by atoms with Crippen molar-refractivity contribution >= 4 is 27.6 Å². The van der Waals surface area contributed by atoms with Gasteiger partial charge >= 0.3 is 5.97 Å². The van der Waals surface area contributed by atoms with Crippen molar-refractivity contribution in [2.45, 2.75) is 32.7 Å². The lowest BCUT2D eigenvalue weighted by atomic mass is 10.2. The molecule has 5 nitrogen and oxygen atoms in total. The van der Waals surface area contributed by atoms with E-state index in [9.17, 15) is 13.2 Å². The molecule has 0 aliphatic heterocycles. The molecule has 0 aromatic heterocycles. The molecule has 0 heterocycles. The Hall–Kier alpha value is -0.270. The van der Waals surface area contributed by atoms with Gasteiger partial charge in [0.15, 0.2) is 0 Å². The predicted molar refractivity (Wildman–Crippen MR) is 80.4 cm³/mol. The average molecular weight is 311 g/mol. The largest absolute Gasteiger partial charge is 0.465 e. The van der Waals surface area contributed by atoms with Gasteiger partial charge in [-0.25, -0.2) is 8.42 Å². The lowest BCUT2D eigenvalue weighted by Crippen LogP contribution is -2.39. The SMILES string of the molecule is CCCNC(CCSCCS(C)(=O)=O)C(=O)OCC. The first kappa shape index (κ1) is 18.7. The number of hydrogen-bond donors (Lipinski definition) is 1. The van der Waals surface area contributed by atoms with Crippen molar-refractivity contribution in [1.82, 2.24) is 5.32 Å². The number of thioether (sulfide) groups is 1. The maximum absolute atomic E-state index is 11.7. The summed E-state index contributed by atoms with van der Waals surface area (Å²) in [5.41, 5.74) is 0. The fraction of sp³-hybridized carbons (Fsp3) is 0.917. The Labute approximate surface area is 120 Å². The van der Waals surface area contributed by atoms with Crippen LogP contribution < -0.4 is 5.32 Å². The maximum atomic E-state index is 11.7. The van der Waals surface area contributed by atoms with Gasteiger partial charge in [-0.3, -0.25) is 4.79 Å². The highest BCUT2D eigenvalue weighted by atomic mass is 32.2. The molecule has 0 spiro atoms. The Morgan fingerprint density at radius 3 is 2.53 bits per heavy atom. The molecule has 1 N–H and O–H groups in total. The highest BCUT2D eigenvalue weighted by molar-refractivity contribution is 8.00. The molecule has 0 aliphatic carbocycles. The molecule has 19 heavy (non-hydrogen) atoms. The summed E-state index contributed by atoms with van der Waals surface area (Å²) in [5, 5.41) is 3.16. The Bertz CT molecular complexity index is 344. The van der Waals surface area contributed by atoms with Gasteiger partial charge < -0.3 is 10.1 Å². The number of ether oxygens (including phenoxy) is 1. The molecule has 1 atom stereocenters. The zero-order valence-corrected chi connectivity index (χ0v) is 13.6. The molecular formula is C12H25NO4S2. The molecule has 114 valence electrons. The Kier molecular flexibility index (Phi) is 10.4. The predicted octanol–water partition coefficient (Wildman–Crippen LogP) is 1.09. The summed E-state index contributed by atoms with van der Waals surface area (Å²) in [6.45, 7) is 4.98. The second-order valence-corrected chi connectivity index (χ2v) is 7.77. The number of nitrogens with one attached hydrogen (secondary N) is 1. The maximum Gasteiger partial charge on any atom is 0.323 e. The quantitative estimate of drug-likeness (QED) is 0.455. The third-order valence-corrected chi connectivity index (χ3v) is 4.58. The Morgan fingerprint density at radius 2 is 2.00 bits per heavy atom. The van der Waals surface area contributed by atoms with Crippen LogP contribution in [-0.4, -0.2) is 57.1 Å². The number of rotatable bonds is 11. The van der Waals surface area contributed by atoms with Crippen LogP contribution in [0.25, 0.3) is 0 Å². The molecule has 7 heteroatoms. The van der Waals surface area contributed by atoms with E-state index in [4.69, 9.17) is 4.74 Å². The van der Waals surface area contributed by atoms with E-state index in [0.29, 0.717) is 18.8 Å². The van der Waals surface area contributed by atoms with E-state index < -0.39 is 9.84 Å².